The molecule has 33 heavy (non-hydrogen) atoms. The van der Waals surface area contributed by atoms with E-state index in [4.69, 9.17) is 0 Å². The first-order valence-corrected chi connectivity index (χ1v) is 12.9. The topological polar surface area (TPSA) is 75.5 Å². The van der Waals surface area contributed by atoms with Crippen LogP contribution < -0.4 is 0 Å². The molecular weight excluding hydrogens is 436 g/mol. The highest BCUT2D eigenvalue weighted by atomic mass is 32.2. The quantitative estimate of drug-likeness (QED) is 0.562. The number of carbonyl (C=O) groups excluding carboxylic acids is 1. The first kappa shape index (κ1) is 21.9. The van der Waals surface area contributed by atoms with Crippen LogP contribution in [0.15, 0.2) is 65.8 Å². The van der Waals surface area contributed by atoms with Crippen molar-refractivity contribution in [2.45, 2.75) is 37.0 Å². The van der Waals surface area contributed by atoms with Gasteiger partial charge in [-0.25, -0.2) is 13.1 Å². The van der Waals surface area contributed by atoms with Crippen LogP contribution in [0.5, 0.6) is 0 Å². The van der Waals surface area contributed by atoms with Gasteiger partial charge >= 0.3 is 0 Å². The lowest BCUT2D eigenvalue weighted by atomic mass is 10.1. The van der Waals surface area contributed by atoms with Gasteiger partial charge in [-0.2, -0.15) is 9.40 Å². The normalized spacial score (nSPS) is 16.7. The van der Waals surface area contributed by atoms with Gasteiger partial charge in [0.1, 0.15) is 0 Å². The second-order valence-corrected chi connectivity index (χ2v) is 10.6. The zero-order valence-electron chi connectivity index (χ0n) is 18.6. The molecule has 2 aliphatic rings. The number of aromatic nitrogens is 2. The summed E-state index contributed by atoms with van der Waals surface area (Å²) in [6, 6.07) is 15.4. The van der Waals surface area contributed by atoms with E-state index in [2.05, 4.69) is 5.10 Å². The number of piperazine rings is 1. The van der Waals surface area contributed by atoms with Gasteiger partial charge in [0.05, 0.1) is 16.8 Å². The van der Waals surface area contributed by atoms with Gasteiger partial charge < -0.3 is 4.90 Å². The van der Waals surface area contributed by atoms with E-state index in [-0.39, 0.29) is 5.91 Å². The van der Waals surface area contributed by atoms with Crippen LogP contribution in [0.4, 0.5) is 0 Å². The van der Waals surface area contributed by atoms with Crippen molar-refractivity contribution in [3.05, 3.63) is 77.6 Å². The van der Waals surface area contributed by atoms with Crippen molar-refractivity contribution in [3.63, 3.8) is 0 Å². The summed E-state index contributed by atoms with van der Waals surface area (Å²) < 4.78 is 29.5. The predicted molar refractivity (Wildman–Crippen MR) is 126 cm³/mol. The summed E-state index contributed by atoms with van der Waals surface area (Å²) in [6.07, 6.45) is 7.81. The number of aryl methyl sites for hydroxylation is 3. The van der Waals surface area contributed by atoms with Gasteiger partial charge in [-0.15, -0.1) is 0 Å². The van der Waals surface area contributed by atoms with Gasteiger partial charge in [-0.05, 0) is 66.6 Å². The molecule has 1 aromatic heterocycles. The minimum absolute atomic E-state index is 0.0528. The summed E-state index contributed by atoms with van der Waals surface area (Å²) in [7, 11) is -3.53. The fourth-order valence-electron chi connectivity index (χ4n) is 4.66. The van der Waals surface area contributed by atoms with Crippen LogP contribution in [-0.2, 0) is 34.1 Å². The van der Waals surface area contributed by atoms with Gasteiger partial charge in [-0.3, -0.25) is 4.79 Å². The highest BCUT2D eigenvalue weighted by Crippen LogP contribution is 2.26. The van der Waals surface area contributed by atoms with E-state index in [9.17, 15) is 13.2 Å². The van der Waals surface area contributed by atoms with Crippen molar-refractivity contribution >= 4 is 15.9 Å². The number of nitrogens with zero attached hydrogens (tertiary/aromatic N) is 4. The molecule has 5 rings (SSSR count). The van der Waals surface area contributed by atoms with E-state index in [1.807, 2.05) is 53.3 Å². The van der Waals surface area contributed by atoms with Gasteiger partial charge in [-0.1, -0.05) is 24.3 Å². The summed E-state index contributed by atoms with van der Waals surface area (Å²) >= 11 is 0. The van der Waals surface area contributed by atoms with Crippen molar-refractivity contribution in [2.75, 3.05) is 26.2 Å². The van der Waals surface area contributed by atoms with Crippen LogP contribution >= 0.6 is 0 Å². The molecule has 1 saturated heterocycles. The predicted octanol–water partition coefficient (Wildman–Crippen LogP) is 2.83. The molecule has 3 aromatic rings. The highest BCUT2D eigenvalue weighted by Gasteiger charge is 2.30. The molecule has 8 heteroatoms. The van der Waals surface area contributed by atoms with Gasteiger partial charge in [0.15, 0.2) is 0 Å². The smallest absolute Gasteiger partial charge is 0.243 e. The zero-order valence-corrected chi connectivity index (χ0v) is 19.4. The van der Waals surface area contributed by atoms with E-state index in [0.29, 0.717) is 43.9 Å². The Kier molecular flexibility index (Phi) is 6.03. The van der Waals surface area contributed by atoms with Gasteiger partial charge in [0.25, 0.3) is 0 Å². The number of benzene rings is 2. The van der Waals surface area contributed by atoms with Crippen LogP contribution in [-0.4, -0.2) is 59.5 Å². The van der Waals surface area contributed by atoms with Crippen molar-refractivity contribution in [1.82, 2.24) is 19.0 Å². The van der Waals surface area contributed by atoms with Gasteiger partial charge in [0.2, 0.25) is 15.9 Å². The lowest BCUT2D eigenvalue weighted by molar-refractivity contribution is -0.132. The van der Waals surface area contributed by atoms with Crippen LogP contribution in [0.25, 0.3) is 5.69 Å². The second kappa shape index (κ2) is 9.11. The van der Waals surface area contributed by atoms with E-state index < -0.39 is 10.0 Å². The van der Waals surface area contributed by atoms with Crippen LogP contribution in [0.3, 0.4) is 0 Å². The molecule has 1 amide bonds. The fraction of sp³-hybridized carbons (Fsp3) is 0.360. The largest absolute Gasteiger partial charge is 0.340 e. The molecule has 1 fully saturated rings. The summed E-state index contributed by atoms with van der Waals surface area (Å²) in [5, 5.41) is 4.38. The lowest BCUT2D eigenvalue weighted by Gasteiger charge is -2.34. The molecule has 0 saturated carbocycles. The minimum atomic E-state index is -3.53. The molecule has 0 unspecified atom stereocenters. The van der Waals surface area contributed by atoms with E-state index in [1.54, 1.807) is 17.2 Å². The number of rotatable bonds is 6. The van der Waals surface area contributed by atoms with Crippen LogP contribution in [0.2, 0.25) is 0 Å². The maximum absolute atomic E-state index is 13.1. The number of hydrogen-bond donors (Lipinski definition) is 0. The molecular formula is C25H28N4O3S. The molecule has 0 bridgehead atoms. The maximum Gasteiger partial charge on any atom is 0.243 e. The Morgan fingerprint density at radius 1 is 0.939 bits per heavy atom. The van der Waals surface area contributed by atoms with Crippen molar-refractivity contribution in [3.8, 4) is 5.69 Å². The monoisotopic (exact) mass is 464 g/mol. The third-order valence-corrected chi connectivity index (χ3v) is 8.48. The fourth-order valence-corrected chi connectivity index (χ4v) is 6.13. The van der Waals surface area contributed by atoms with E-state index >= 15 is 0 Å². The molecule has 1 aliphatic heterocycles. The SMILES string of the molecule is O=C(CCc1cnn(-c2ccccc2)c1)N1CCN(S(=O)(=O)c2ccc3c(c2)CCC3)CC1. The Morgan fingerprint density at radius 3 is 2.48 bits per heavy atom. The molecule has 0 N–H and O–H groups in total. The molecule has 1 aliphatic carbocycles. The molecule has 0 radical (unpaired) electrons. The van der Waals surface area contributed by atoms with Crippen LogP contribution in [0, 0.1) is 0 Å². The number of fused-ring (bicyclic) bond motifs is 1. The van der Waals surface area contributed by atoms with Crippen LogP contribution in [0.1, 0.15) is 29.5 Å². The van der Waals surface area contributed by atoms with Crippen molar-refractivity contribution in [1.29, 1.82) is 0 Å². The standard InChI is InChI=1S/C25H28N4O3S/c30-25(12-9-20-18-26-29(19-20)23-7-2-1-3-8-23)27-13-15-28(16-14-27)33(31,32)24-11-10-21-5-4-6-22(21)17-24/h1-3,7-8,10-11,17-19H,4-6,9,12-16H2. The molecule has 0 atom stereocenters. The van der Waals surface area contributed by atoms with E-state index in [0.717, 1.165) is 36.1 Å². The number of amides is 1. The Morgan fingerprint density at radius 2 is 1.70 bits per heavy atom. The Labute approximate surface area is 194 Å². The average molecular weight is 465 g/mol. The minimum Gasteiger partial charge on any atom is -0.340 e. The number of para-hydroxylation sites is 1. The average Bonchev–Trinajstić information content (AvgIpc) is 3.52. The second-order valence-electron chi connectivity index (χ2n) is 8.70. The Bertz CT molecular complexity index is 1250. The summed E-state index contributed by atoms with van der Waals surface area (Å²) in [5.74, 6) is 0.0528. The zero-order chi connectivity index (χ0) is 22.8. The molecule has 2 heterocycles. The molecule has 172 valence electrons. The third kappa shape index (κ3) is 4.58. The highest BCUT2D eigenvalue weighted by molar-refractivity contribution is 7.89. The lowest BCUT2D eigenvalue weighted by Crippen LogP contribution is -2.50. The number of sulfonamides is 1. The Hall–Kier alpha value is -2.97. The van der Waals surface area contributed by atoms with Gasteiger partial charge in [0, 0.05) is 38.8 Å². The molecule has 7 nitrogen and oxygen atoms in total. The summed E-state index contributed by atoms with van der Waals surface area (Å²) in [5.41, 5.74) is 4.40. The summed E-state index contributed by atoms with van der Waals surface area (Å²) in [4.78, 5) is 14.9. The number of carbonyl (C=O) groups is 1. The third-order valence-electron chi connectivity index (χ3n) is 6.58. The van der Waals surface area contributed by atoms with Crippen molar-refractivity contribution in [2.24, 2.45) is 0 Å². The Balaban J connectivity index is 1.15. The molecule has 2 aromatic carbocycles. The first-order valence-electron chi connectivity index (χ1n) is 11.5. The number of hydrogen-bond acceptors (Lipinski definition) is 4. The van der Waals surface area contributed by atoms with Crippen molar-refractivity contribution < 1.29 is 13.2 Å². The maximum atomic E-state index is 13.1. The molecule has 0 spiro atoms. The first-order chi connectivity index (χ1) is 16.0. The summed E-state index contributed by atoms with van der Waals surface area (Å²) in [6.45, 7) is 1.51. The van der Waals surface area contributed by atoms with E-state index in [1.165, 1.54) is 9.87 Å².